The SMILES string of the molecule is CCC(C)C(C)C1CC1. The van der Waals surface area contributed by atoms with Gasteiger partial charge in [-0.05, 0) is 30.6 Å². The Labute approximate surface area is 58.7 Å². The van der Waals surface area contributed by atoms with Gasteiger partial charge >= 0.3 is 0 Å². The van der Waals surface area contributed by atoms with Gasteiger partial charge in [0.1, 0.15) is 0 Å². The lowest BCUT2D eigenvalue weighted by atomic mass is 9.90. The molecule has 54 valence electrons. The van der Waals surface area contributed by atoms with Gasteiger partial charge < -0.3 is 0 Å². The summed E-state index contributed by atoms with van der Waals surface area (Å²) in [5, 5.41) is 0. The molecule has 2 unspecified atom stereocenters. The van der Waals surface area contributed by atoms with E-state index in [1.54, 1.807) is 0 Å². The first kappa shape index (κ1) is 7.11. The van der Waals surface area contributed by atoms with Crippen molar-refractivity contribution in [1.29, 1.82) is 0 Å². The highest BCUT2D eigenvalue weighted by Crippen LogP contribution is 2.40. The van der Waals surface area contributed by atoms with E-state index in [1.165, 1.54) is 19.3 Å². The highest BCUT2D eigenvalue weighted by molar-refractivity contribution is 4.80. The third-order valence-electron chi connectivity index (χ3n) is 2.91. The maximum Gasteiger partial charge on any atom is -0.0386 e. The average Bonchev–Trinajstić information content (AvgIpc) is 2.66. The van der Waals surface area contributed by atoms with Gasteiger partial charge in [0.05, 0.1) is 0 Å². The summed E-state index contributed by atoms with van der Waals surface area (Å²) in [6.45, 7) is 7.08. The Morgan fingerprint density at radius 1 is 1.33 bits per heavy atom. The summed E-state index contributed by atoms with van der Waals surface area (Å²) in [6, 6.07) is 0. The summed E-state index contributed by atoms with van der Waals surface area (Å²) >= 11 is 0. The van der Waals surface area contributed by atoms with Crippen LogP contribution in [0.2, 0.25) is 0 Å². The second-order valence-electron chi connectivity index (χ2n) is 3.58. The van der Waals surface area contributed by atoms with Crippen LogP contribution in [0.1, 0.15) is 40.0 Å². The minimum absolute atomic E-state index is 0.956. The van der Waals surface area contributed by atoms with Crippen molar-refractivity contribution in [3.63, 3.8) is 0 Å². The van der Waals surface area contributed by atoms with Gasteiger partial charge in [-0.15, -0.1) is 0 Å². The Hall–Kier alpha value is 0. The summed E-state index contributed by atoms with van der Waals surface area (Å²) < 4.78 is 0. The summed E-state index contributed by atoms with van der Waals surface area (Å²) in [4.78, 5) is 0. The standard InChI is InChI=1S/C9H18/c1-4-7(2)8(3)9-5-6-9/h7-9H,4-6H2,1-3H3. The minimum Gasteiger partial charge on any atom is -0.0651 e. The number of rotatable bonds is 3. The van der Waals surface area contributed by atoms with Gasteiger partial charge in [0, 0.05) is 0 Å². The molecule has 1 saturated carbocycles. The van der Waals surface area contributed by atoms with Crippen LogP contribution in [0.25, 0.3) is 0 Å². The fourth-order valence-electron chi connectivity index (χ4n) is 1.46. The fourth-order valence-corrected chi connectivity index (χ4v) is 1.46. The molecule has 0 heterocycles. The van der Waals surface area contributed by atoms with Crippen LogP contribution in [-0.2, 0) is 0 Å². The van der Waals surface area contributed by atoms with Gasteiger partial charge in [0.2, 0.25) is 0 Å². The molecule has 9 heavy (non-hydrogen) atoms. The maximum atomic E-state index is 2.41. The van der Waals surface area contributed by atoms with Crippen LogP contribution in [0.4, 0.5) is 0 Å². The summed E-state index contributed by atoms with van der Waals surface area (Å²) in [5.41, 5.74) is 0. The summed E-state index contributed by atoms with van der Waals surface area (Å²) in [5.74, 6) is 3.05. The molecule has 0 N–H and O–H groups in total. The lowest BCUT2D eigenvalue weighted by Gasteiger charge is -2.16. The zero-order chi connectivity index (χ0) is 6.85. The topological polar surface area (TPSA) is 0 Å². The Bertz CT molecular complexity index is 82.0. The molecule has 1 aliphatic rings. The van der Waals surface area contributed by atoms with Crippen LogP contribution >= 0.6 is 0 Å². The minimum atomic E-state index is 0.956. The lowest BCUT2D eigenvalue weighted by Crippen LogP contribution is -2.08. The highest BCUT2D eigenvalue weighted by Gasteiger charge is 2.30. The molecule has 0 aromatic heterocycles. The average molecular weight is 126 g/mol. The molecule has 1 rings (SSSR count). The third-order valence-corrected chi connectivity index (χ3v) is 2.91. The van der Waals surface area contributed by atoms with E-state index in [1.807, 2.05) is 0 Å². The Kier molecular flexibility index (Phi) is 2.15. The van der Waals surface area contributed by atoms with E-state index in [0.717, 1.165) is 17.8 Å². The van der Waals surface area contributed by atoms with Crippen LogP contribution in [0.5, 0.6) is 0 Å². The van der Waals surface area contributed by atoms with Crippen LogP contribution in [-0.4, -0.2) is 0 Å². The van der Waals surface area contributed by atoms with Gasteiger partial charge in [0.25, 0.3) is 0 Å². The Morgan fingerprint density at radius 3 is 2.22 bits per heavy atom. The number of hydrogen-bond acceptors (Lipinski definition) is 0. The predicted molar refractivity (Wildman–Crippen MR) is 41.3 cm³/mol. The molecule has 0 heteroatoms. The molecule has 0 nitrogen and oxygen atoms in total. The van der Waals surface area contributed by atoms with Gasteiger partial charge in [-0.2, -0.15) is 0 Å². The molecule has 2 atom stereocenters. The van der Waals surface area contributed by atoms with E-state index >= 15 is 0 Å². The molecule has 0 aliphatic heterocycles. The van der Waals surface area contributed by atoms with E-state index in [4.69, 9.17) is 0 Å². The predicted octanol–water partition coefficient (Wildman–Crippen LogP) is 3.08. The summed E-state index contributed by atoms with van der Waals surface area (Å²) in [7, 11) is 0. The molecule has 0 radical (unpaired) electrons. The van der Waals surface area contributed by atoms with E-state index in [9.17, 15) is 0 Å². The zero-order valence-electron chi connectivity index (χ0n) is 6.85. The molecule has 0 aromatic carbocycles. The third kappa shape index (κ3) is 1.70. The van der Waals surface area contributed by atoms with Crippen LogP contribution in [0, 0.1) is 17.8 Å². The van der Waals surface area contributed by atoms with E-state index in [2.05, 4.69) is 20.8 Å². The van der Waals surface area contributed by atoms with Crippen molar-refractivity contribution in [2.45, 2.75) is 40.0 Å². The smallest absolute Gasteiger partial charge is 0.0386 e. The van der Waals surface area contributed by atoms with Crippen molar-refractivity contribution in [3.8, 4) is 0 Å². The van der Waals surface area contributed by atoms with Crippen molar-refractivity contribution < 1.29 is 0 Å². The molecular formula is C9H18. The summed E-state index contributed by atoms with van der Waals surface area (Å²) in [6.07, 6.45) is 4.37. The van der Waals surface area contributed by atoms with E-state index in [0.29, 0.717) is 0 Å². The van der Waals surface area contributed by atoms with Crippen LogP contribution < -0.4 is 0 Å². The van der Waals surface area contributed by atoms with Gasteiger partial charge in [-0.3, -0.25) is 0 Å². The van der Waals surface area contributed by atoms with E-state index < -0.39 is 0 Å². The molecule has 0 bridgehead atoms. The van der Waals surface area contributed by atoms with Crippen molar-refractivity contribution in [2.75, 3.05) is 0 Å². The second kappa shape index (κ2) is 2.72. The zero-order valence-corrected chi connectivity index (χ0v) is 6.85. The highest BCUT2D eigenvalue weighted by atomic mass is 14.4. The first-order chi connectivity index (χ1) is 4.25. The first-order valence-corrected chi connectivity index (χ1v) is 4.25. The van der Waals surface area contributed by atoms with Crippen LogP contribution in [0.3, 0.4) is 0 Å². The van der Waals surface area contributed by atoms with Crippen molar-refractivity contribution in [1.82, 2.24) is 0 Å². The molecule has 1 aliphatic carbocycles. The van der Waals surface area contributed by atoms with Gasteiger partial charge in [-0.1, -0.05) is 27.2 Å². The molecule has 0 saturated heterocycles. The molecule has 0 spiro atoms. The Morgan fingerprint density at radius 2 is 1.89 bits per heavy atom. The first-order valence-electron chi connectivity index (χ1n) is 4.25. The second-order valence-corrected chi connectivity index (χ2v) is 3.58. The number of hydrogen-bond donors (Lipinski definition) is 0. The Balaban J connectivity index is 2.22. The van der Waals surface area contributed by atoms with Crippen molar-refractivity contribution in [3.05, 3.63) is 0 Å². The lowest BCUT2D eigenvalue weighted by molar-refractivity contribution is 0.337. The van der Waals surface area contributed by atoms with Crippen molar-refractivity contribution >= 4 is 0 Å². The monoisotopic (exact) mass is 126 g/mol. The normalized spacial score (nSPS) is 25.7. The molecular weight excluding hydrogens is 108 g/mol. The molecule has 0 amide bonds. The molecule has 0 aromatic rings. The quantitative estimate of drug-likeness (QED) is 0.545. The fraction of sp³-hybridized carbons (Fsp3) is 1.00. The van der Waals surface area contributed by atoms with E-state index in [-0.39, 0.29) is 0 Å². The molecule has 1 fully saturated rings. The largest absolute Gasteiger partial charge is 0.0651 e. The van der Waals surface area contributed by atoms with Gasteiger partial charge in [0.15, 0.2) is 0 Å². The van der Waals surface area contributed by atoms with Crippen LogP contribution in [0.15, 0.2) is 0 Å². The van der Waals surface area contributed by atoms with Crippen molar-refractivity contribution in [2.24, 2.45) is 17.8 Å². The van der Waals surface area contributed by atoms with Gasteiger partial charge in [-0.25, -0.2) is 0 Å². The maximum absolute atomic E-state index is 2.41.